The molecule has 7 nitrogen and oxygen atoms in total. The van der Waals surface area contributed by atoms with Gasteiger partial charge >= 0.3 is 0 Å². The molecular formula is C24H26N6O. The van der Waals surface area contributed by atoms with Gasteiger partial charge in [0.1, 0.15) is 6.61 Å². The summed E-state index contributed by atoms with van der Waals surface area (Å²) in [4.78, 5) is 15.5. The van der Waals surface area contributed by atoms with Crippen molar-refractivity contribution in [2.45, 2.75) is 19.9 Å². The zero-order chi connectivity index (χ0) is 22.0. The first-order valence-electron chi connectivity index (χ1n) is 10.1. The molecule has 31 heavy (non-hydrogen) atoms. The standard InChI is InChI=1S/C24H26N6O/c1-6-7-20(16(2)3)21-14-31-22-12-25-24(28-23(22)29(21)5)27-18-8-10-19(11-9-18)30-13-17(4)26-15-30/h6-13,15,21H,1-2,14H2,3-5H3,(H,25,27,28)/b20-7+. The van der Waals surface area contributed by atoms with Crippen molar-refractivity contribution in [1.82, 2.24) is 19.5 Å². The van der Waals surface area contributed by atoms with Crippen LogP contribution < -0.4 is 15.0 Å². The predicted octanol–water partition coefficient (Wildman–Crippen LogP) is 4.60. The van der Waals surface area contributed by atoms with Gasteiger partial charge in [-0.1, -0.05) is 30.9 Å². The van der Waals surface area contributed by atoms with E-state index in [0.717, 1.165) is 34.0 Å². The summed E-state index contributed by atoms with van der Waals surface area (Å²) >= 11 is 0. The minimum atomic E-state index is 0.00340. The topological polar surface area (TPSA) is 68.1 Å². The fraction of sp³-hybridized carbons (Fsp3) is 0.208. The van der Waals surface area contributed by atoms with E-state index in [9.17, 15) is 0 Å². The molecule has 1 atom stereocenters. The second-order valence-electron chi connectivity index (χ2n) is 7.55. The third-order valence-electron chi connectivity index (χ3n) is 5.22. The molecule has 3 heterocycles. The Bertz CT molecular complexity index is 1150. The number of hydrogen-bond acceptors (Lipinski definition) is 6. The largest absolute Gasteiger partial charge is 0.486 e. The number of nitrogens with one attached hydrogen (secondary N) is 1. The zero-order valence-corrected chi connectivity index (χ0v) is 18.0. The molecule has 7 heteroatoms. The summed E-state index contributed by atoms with van der Waals surface area (Å²) in [6.07, 6.45) is 9.24. The Balaban J connectivity index is 1.55. The highest BCUT2D eigenvalue weighted by atomic mass is 16.5. The van der Waals surface area contributed by atoms with Crippen molar-refractivity contribution in [1.29, 1.82) is 0 Å². The van der Waals surface area contributed by atoms with Crippen LogP contribution in [0.25, 0.3) is 5.69 Å². The number of aryl methyl sites for hydroxylation is 1. The highest BCUT2D eigenvalue weighted by Gasteiger charge is 2.29. The van der Waals surface area contributed by atoms with Crippen molar-refractivity contribution in [3.8, 4) is 11.4 Å². The normalized spacial score (nSPS) is 15.8. The fourth-order valence-corrected chi connectivity index (χ4v) is 3.58. The van der Waals surface area contributed by atoms with Crippen LogP contribution in [0.4, 0.5) is 17.5 Å². The Labute approximate surface area is 182 Å². The van der Waals surface area contributed by atoms with Crippen molar-refractivity contribution in [3.63, 3.8) is 0 Å². The van der Waals surface area contributed by atoms with Gasteiger partial charge in [0.25, 0.3) is 0 Å². The number of anilines is 3. The first kappa shape index (κ1) is 20.4. The van der Waals surface area contributed by atoms with Crippen molar-refractivity contribution >= 4 is 17.5 Å². The number of nitrogens with zero attached hydrogens (tertiary/aromatic N) is 5. The number of likely N-dealkylation sites (N-methyl/N-ethyl adjacent to an activating group) is 1. The third-order valence-corrected chi connectivity index (χ3v) is 5.22. The van der Waals surface area contributed by atoms with Crippen LogP contribution >= 0.6 is 0 Å². The molecule has 0 spiro atoms. The molecule has 0 saturated carbocycles. The van der Waals surface area contributed by atoms with Gasteiger partial charge in [-0.05, 0) is 43.7 Å². The molecule has 0 fully saturated rings. The monoisotopic (exact) mass is 414 g/mol. The van der Waals surface area contributed by atoms with Gasteiger partial charge in [-0.25, -0.2) is 9.97 Å². The number of aromatic nitrogens is 4. The summed E-state index contributed by atoms with van der Waals surface area (Å²) in [6, 6.07) is 8.02. The number of imidazole rings is 1. The van der Waals surface area contributed by atoms with Crippen molar-refractivity contribution < 1.29 is 4.74 Å². The molecule has 4 rings (SSSR count). The number of fused-ring (bicyclic) bond motifs is 1. The number of ether oxygens (including phenoxy) is 1. The van der Waals surface area contributed by atoms with Gasteiger partial charge in [0, 0.05) is 24.6 Å². The van der Waals surface area contributed by atoms with Gasteiger partial charge < -0.3 is 19.5 Å². The van der Waals surface area contributed by atoms with E-state index >= 15 is 0 Å². The molecule has 1 unspecified atom stereocenters. The van der Waals surface area contributed by atoms with E-state index in [1.165, 1.54) is 0 Å². The molecule has 1 N–H and O–H groups in total. The SMILES string of the molecule is C=C/C=C(\C(=C)C)C1COc2cnc(Nc3ccc(-n4cnc(C)c4)cc3)nc2N1C. The van der Waals surface area contributed by atoms with Crippen LogP contribution in [0.5, 0.6) is 5.75 Å². The summed E-state index contributed by atoms with van der Waals surface area (Å²) in [5, 5.41) is 3.27. The number of allylic oxidation sites excluding steroid dienone is 2. The van der Waals surface area contributed by atoms with E-state index in [0.29, 0.717) is 18.3 Å². The Morgan fingerprint density at radius 1 is 1.26 bits per heavy atom. The summed E-state index contributed by atoms with van der Waals surface area (Å²) in [5.41, 5.74) is 4.96. The molecule has 1 aliphatic rings. The molecule has 0 radical (unpaired) electrons. The second-order valence-corrected chi connectivity index (χ2v) is 7.55. The van der Waals surface area contributed by atoms with Crippen LogP contribution in [0.2, 0.25) is 0 Å². The maximum atomic E-state index is 5.94. The van der Waals surface area contributed by atoms with Crippen molar-refractivity contribution in [3.05, 3.63) is 85.1 Å². The number of benzene rings is 1. The van der Waals surface area contributed by atoms with E-state index < -0.39 is 0 Å². The third kappa shape index (κ3) is 4.21. The summed E-state index contributed by atoms with van der Waals surface area (Å²) in [5.74, 6) is 1.90. The second kappa shape index (κ2) is 8.47. The molecule has 0 aliphatic carbocycles. The lowest BCUT2D eigenvalue weighted by molar-refractivity contribution is 0.278. The van der Waals surface area contributed by atoms with Crippen LogP contribution in [0, 0.1) is 6.92 Å². The quantitative estimate of drug-likeness (QED) is 0.595. The van der Waals surface area contributed by atoms with Crippen LogP contribution in [0.3, 0.4) is 0 Å². The molecule has 0 amide bonds. The van der Waals surface area contributed by atoms with E-state index in [-0.39, 0.29) is 6.04 Å². The Morgan fingerprint density at radius 2 is 2.03 bits per heavy atom. The van der Waals surface area contributed by atoms with Gasteiger partial charge in [0.15, 0.2) is 11.6 Å². The molecule has 158 valence electrons. The molecule has 1 aliphatic heterocycles. The predicted molar refractivity (Wildman–Crippen MR) is 124 cm³/mol. The molecule has 1 aromatic carbocycles. The molecule has 2 aromatic heterocycles. The smallest absolute Gasteiger partial charge is 0.229 e. The summed E-state index contributed by atoms with van der Waals surface area (Å²) < 4.78 is 7.92. The van der Waals surface area contributed by atoms with Crippen LogP contribution in [0.15, 0.2) is 79.4 Å². The Kier molecular flexibility index (Phi) is 5.58. The van der Waals surface area contributed by atoms with Crippen LogP contribution in [0.1, 0.15) is 12.6 Å². The van der Waals surface area contributed by atoms with E-state index in [2.05, 4.69) is 33.3 Å². The Morgan fingerprint density at radius 3 is 2.68 bits per heavy atom. The van der Waals surface area contributed by atoms with Crippen molar-refractivity contribution in [2.75, 3.05) is 23.9 Å². The molecule has 3 aromatic rings. The Hall–Kier alpha value is -3.87. The van der Waals surface area contributed by atoms with Gasteiger partial charge in [0.05, 0.1) is 24.3 Å². The average Bonchev–Trinajstić information content (AvgIpc) is 3.20. The lowest BCUT2D eigenvalue weighted by Gasteiger charge is -2.36. The first-order chi connectivity index (χ1) is 15.0. The minimum Gasteiger partial charge on any atom is -0.486 e. The molecule has 0 bridgehead atoms. The van der Waals surface area contributed by atoms with E-state index in [1.807, 2.05) is 62.0 Å². The first-order valence-corrected chi connectivity index (χ1v) is 10.1. The number of rotatable bonds is 6. The highest BCUT2D eigenvalue weighted by Crippen LogP contribution is 2.34. The summed E-state index contributed by atoms with van der Waals surface area (Å²) in [7, 11) is 2.00. The van der Waals surface area contributed by atoms with Crippen LogP contribution in [-0.2, 0) is 0 Å². The van der Waals surface area contributed by atoms with Gasteiger partial charge in [-0.15, -0.1) is 0 Å². The maximum absolute atomic E-state index is 5.94. The highest BCUT2D eigenvalue weighted by molar-refractivity contribution is 5.62. The summed E-state index contributed by atoms with van der Waals surface area (Å²) in [6.45, 7) is 12.4. The fourth-order valence-electron chi connectivity index (χ4n) is 3.58. The van der Waals surface area contributed by atoms with E-state index in [1.54, 1.807) is 18.6 Å². The minimum absolute atomic E-state index is 0.00340. The maximum Gasteiger partial charge on any atom is 0.229 e. The molecule has 0 saturated heterocycles. The van der Waals surface area contributed by atoms with Crippen molar-refractivity contribution in [2.24, 2.45) is 0 Å². The zero-order valence-electron chi connectivity index (χ0n) is 18.0. The van der Waals surface area contributed by atoms with Gasteiger partial charge in [0.2, 0.25) is 5.95 Å². The molecular weight excluding hydrogens is 388 g/mol. The van der Waals surface area contributed by atoms with E-state index in [4.69, 9.17) is 9.72 Å². The van der Waals surface area contributed by atoms with Gasteiger partial charge in [-0.2, -0.15) is 4.98 Å². The lowest BCUT2D eigenvalue weighted by Crippen LogP contribution is -2.42. The van der Waals surface area contributed by atoms with Gasteiger partial charge in [-0.3, -0.25) is 0 Å². The average molecular weight is 415 g/mol. The lowest BCUT2D eigenvalue weighted by atomic mass is 9.99. The van der Waals surface area contributed by atoms with Crippen LogP contribution in [-0.4, -0.2) is 39.2 Å². The number of hydrogen-bond donors (Lipinski definition) is 1.